The summed E-state index contributed by atoms with van der Waals surface area (Å²) in [7, 11) is 0. The zero-order valence-electron chi connectivity index (χ0n) is 9.11. The topological polar surface area (TPSA) is 34.2 Å². The molecule has 0 radical (unpaired) electrons. The van der Waals surface area contributed by atoms with Gasteiger partial charge in [-0.15, -0.1) is 11.3 Å². The van der Waals surface area contributed by atoms with Gasteiger partial charge in [-0.2, -0.15) is 0 Å². The Labute approximate surface area is 94.9 Å². The highest BCUT2D eigenvalue weighted by Gasteiger charge is 2.27. The molecule has 0 bridgehead atoms. The number of hydrogen-bond acceptors (Lipinski definition) is 4. The second kappa shape index (κ2) is 5.58. The summed E-state index contributed by atoms with van der Waals surface area (Å²) < 4.78 is 5.45. The average molecular weight is 226 g/mol. The van der Waals surface area contributed by atoms with Gasteiger partial charge in [0.1, 0.15) is 0 Å². The molecule has 2 rings (SSSR count). The maximum absolute atomic E-state index is 5.45. The summed E-state index contributed by atoms with van der Waals surface area (Å²) in [5.74, 6) is 0.596. The van der Waals surface area contributed by atoms with Crippen LogP contribution in [0.15, 0.2) is 10.9 Å². The van der Waals surface area contributed by atoms with E-state index in [4.69, 9.17) is 4.74 Å². The molecular formula is C11H18N2OS. The summed E-state index contributed by atoms with van der Waals surface area (Å²) >= 11 is 1.67. The molecule has 1 aliphatic heterocycles. The van der Waals surface area contributed by atoms with Crippen LogP contribution in [0.5, 0.6) is 0 Å². The van der Waals surface area contributed by atoms with Gasteiger partial charge in [0.15, 0.2) is 0 Å². The molecule has 84 valence electrons. The van der Waals surface area contributed by atoms with Gasteiger partial charge < -0.3 is 10.1 Å². The zero-order valence-corrected chi connectivity index (χ0v) is 9.93. The predicted molar refractivity (Wildman–Crippen MR) is 62.1 cm³/mol. The van der Waals surface area contributed by atoms with E-state index in [-0.39, 0.29) is 0 Å². The van der Waals surface area contributed by atoms with E-state index < -0.39 is 0 Å². The number of nitrogens with one attached hydrogen (secondary N) is 1. The first-order valence-electron chi connectivity index (χ1n) is 5.61. The monoisotopic (exact) mass is 226 g/mol. The summed E-state index contributed by atoms with van der Waals surface area (Å²) in [6.45, 7) is 5.02. The second-order valence-electron chi connectivity index (χ2n) is 3.97. The van der Waals surface area contributed by atoms with Crippen LogP contribution in [0.3, 0.4) is 0 Å². The van der Waals surface area contributed by atoms with Gasteiger partial charge in [0.2, 0.25) is 0 Å². The Morgan fingerprint density at radius 2 is 2.67 bits per heavy atom. The Morgan fingerprint density at radius 1 is 1.73 bits per heavy atom. The number of thiazole rings is 1. The smallest absolute Gasteiger partial charge is 0.0795 e. The second-order valence-corrected chi connectivity index (χ2v) is 4.69. The van der Waals surface area contributed by atoms with E-state index in [2.05, 4.69) is 22.6 Å². The maximum atomic E-state index is 5.45. The Morgan fingerprint density at radius 3 is 3.27 bits per heavy atom. The molecule has 4 heteroatoms. The van der Waals surface area contributed by atoms with E-state index in [0.29, 0.717) is 12.0 Å². The predicted octanol–water partition coefficient (Wildman–Crippen LogP) is 2.22. The zero-order chi connectivity index (χ0) is 10.5. The summed E-state index contributed by atoms with van der Waals surface area (Å²) in [5, 5.41) is 5.72. The number of ether oxygens (including phenoxy) is 1. The molecule has 3 nitrogen and oxygen atoms in total. The van der Waals surface area contributed by atoms with Crippen molar-refractivity contribution in [2.75, 3.05) is 19.8 Å². The molecule has 15 heavy (non-hydrogen) atoms. The van der Waals surface area contributed by atoms with Gasteiger partial charge in [-0.05, 0) is 19.4 Å². The molecule has 2 heterocycles. The van der Waals surface area contributed by atoms with Crippen molar-refractivity contribution in [3.05, 3.63) is 16.6 Å². The lowest BCUT2D eigenvalue weighted by Crippen LogP contribution is -2.29. The van der Waals surface area contributed by atoms with Crippen molar-refractivity contribution in [1.82, 2.24) is 10.3 Å². The summed E-state index contributed by atoms with van der Waals surface area (Å²) in [6.07, 6.45) is 2.31. The third-order valence-corrected chi connectivity index (χ3v) is 3.43. The van der Waals surface area contributed by atoms with Crippen molar-refractivity contribution in [3.8, 4) is 0 Å². The Balaban J connectivity index is 2.01. The highest BCUT2D eigenvalue weighted by atomic mass is 32.1. The lowest BCUT2D eigenvalue weighted by Gasteiger charge is -2.21. The molecule has 0 amide bonds. The first kappa shape index (κ1) is 11.0. The third kappa shape index (κ3) is 2.77. The van der Waals surface area contributed by atoms with E-state index in [1.807, 2.05) is 5.51 Å². The van der Waals surface area contributed by atoms with Crippen LogP contribution in [0.2, 0.25) is 0 Å². The van der Waals surface area contributed by atoms with Crippen molar-refractivity contribution in [2.45, 2.75) is 25.8 Å². The van der Waals surface area contributed by atoms with Crippen LogP contribution in [-0.4, -0.2) is 24.7 Å². The molecule has 1 aromatic heterocycles. The van der Waals surface area contributed by atoms with E-state index in [1.165, 1.54) is 5.69 Å². The van der Waals surface area contributed by atoms with Crippen molar-refractivity contribution in [3.63, 3.8) is 0 Å². The highest BCUT2D eigenvalue weighted by Crippen LogP contribution is 2.28. The molecule has 2 atom stereocenters. The van der Waals surface area contributed by atoms with E-state index in [1.54, 1.807) is 11.3 Å². The third-order valence-electron chi connectivity index (χ3n) is 2.82. The molecule has 1 saturated heterocycles. The Bertz CT molecular complexity index is 270. The molecule has 1 fully saturated rings. The standard InChI is InChI=1S/C11H18N2OS/c1-2-4-12-11(9-3-5-14-6-9)10-7-15-8-13-10/h7-9,11-12H,2-6H2,1H3. The van der Waals surface area contributed by atoms with Crippen LogP contribution in [-0.2, 0) is 4.74 Å². The molecule has 1 N–H and O–H groups in total. The molecule has 2 unspecified atom stereocenters. The Kier molecular flexibility index (Phi) is 4.11. The molecule has 1 aliphatic rings. The van der Waals surface area contributed by atoms with Crippen LogP contribution in [0.25, 0.3) is 0 Å². The van der Waals surface area contributed by atoms with E-state index in [9.17, 15) is 0 Å². The largest absolute Gasteiger partial charge is 0.381 e. The molecule has 0 aliphatic carbocycles. The number of aromatic nitrogens is 1. The van der Waals surface area contributed by atoms with Crippen molar-refractivity contribution in [2.24, 2.45) is 5.92 Å². The molecule has 0 aromatic carbocycles. The minimum Gasteiger partial charge on any atom is -0.381 e. The van der Waals surface area contributed by atoms with Crippen LogP contribution in [0, 0.1) is 5.92 Å². The minimum atomic E-state index is 0.388. The first-order chi connectivity index (χ1) is 7.42. The number of nitrogens with zero attached hydrogens (tertiary/aromatic N) is 1. The fraction of sp³-hybridized carbons (Fsp3) is 0.727. The van der Waals surface area contributed by atoms with Gasteiger partial charge in [-0.1, -0.05) is 6.92 Å². The lowest BCUT2D eigenvalue weighted by atomic mass is 9.96. The van der Waals surface area contributed by atoms with Crippen LogP contribution >= 0.6 is 11.3 Å². The van der Waals surface area contributed by atoms with Gasteiger partial charge >= 0.3 is 0 Å². The van der Waals surface area contributed by atoms with Crippen LogP contribution in [0.4, 0.5) is 0 Å². The van der Waals surface area contributed by atoms with E-state index in [0.717, 1.165) is 32.6 Å². The summed E-state index contributed by atoms with van der Waals surface area (Å²) in [6, 6.07) is 0.388. The first-order valence-corrected chi connectivity index (χ1v) is 6.55. The molecular weight excluding hydrogens is 208 g/mol. The lowest BCUT2D eigenvalue weighted by molar-refractivity contribution is 0.176. The summed E-state index contributed by atoms with van der Waals surface area (Å²) in [5.41, 5.74) is 3.09. The van der Waals surface area contributed by atoms with Crippen molar-refractivity contribution >= 4 is 11.3 Å². The van der Waals surface area contributed by atoms with Gasteiger partial charge in [-0.25, -0.2) is 4.98 Å². The van der Waals surface area contributed by atoms with Crippen molar-refractivity contribution < 1.29 is 4.74 Å². The van der Waals surface area contributed by atoms with Crippen LogP contribution < -0.4 is 5.32 Å². The molecule has 0 spiro atoms. The van der Waals surface area contributed by atoms with Gasteiger partial charge in [0.25, 0.3) is 0 Å². The van der Waals surface area contributed by atoms with Crippen LogP contribution in [0.1, 0.15) is 31.5 Å². The molecule has 1 aromatic rings. The minimum absolute atomic E-state index is 0.388. The van der Waals surface area contributed by atoms with E-state index >= 15 is 0 Å². The van der Waals surface area contributed by atoms with Gasteiger partial charge in [0, 0.05) is 17.9 Å². The van der Waals surface area contributed by atoms with Gasteiger partial charge in [0.05, 0.1) is 23.9 Å². The number of rotatable bonds is 5. The fourth-order valence-corrected chi connectivity index (χ4v) is 2.59. The summed E-state index contributed by atoms with van der Waals surface area (Å²) in [4.78, 5) is 4.41. The number of hydrogen-bond donors (Lipinski definition) is 1. The fourth-order valence-electron chi connectivity index (χ4n) is 2.00. The van der Waals surface area contributed by atoms with Gasteiger partial charge in [-0.3, -0.25) is 0 Å². The normalized spacial score (nSPS) is 23.1. The maximum Gasteiger partial charge on any atom is 0.0795 e. The quantitative estimate of drug-likeness (QED) is 0.836. The average Bonchev–Trinajstić information content (AvgIpc) is 2.90. The molecule has 0 saturated carbocycles. The highest BCUT2D eigenvalue weighted by molar-refractivity contribution is 7.07. The Hall–Kier alpha value is -0.450. The van der Waals surface area contributed by atoms with Crippen molar-refractivity contribution in [1.29, 1.82) is 0 Å². The SMILES string of the molecule is CCCNC(c1cscn1)C1CCOC1.